The van der Waals surface area contributed by atoms with Crippen molar-refractivity contribution in [1.29, 1.82) is 0 Å². The fourth-order valence-corrected chi connectivity index (χ4v) is 2.97. The summed E-state index contributed by atoms with van der Waals surface area (Å²) in [6.45, 7) is 4.91. The Kier molecular flexibility index (Phi) is 3.37. The number of rotatable bonds is 2. The van der Waals surface area contributed by atoms with Gasteiger partial charge in [-0.25, -0.2) is 0 Å². The van der Waals surface area contributed by atoms with E-state index in [1.54, 1.807) is 0 Å². The van der Waals surface area contributed by atoms with Crippen LogP contribution in [-0.4, -0.2) is 26.2 Å². The minimum absolute atomic E-state index is 0.104. The van der Waals surface area contributed by atoms with E-state index in [9.17, 15) is 9.59 Å². The molecule has 110 valence electrons. The molecule has 0 saturated carbocycles. The number of piperazine rings is 1. The smallest absolute Gasteiger partial charge is 0.253 e. The molecule has 5 nitrogen and oxygen atoms in total. The number of aryl methyl sites for hydroxylation is 1. The molecule has 2 aromatic carbocycles. The van der Waals surface area contributed by atoms with Crippen LogP contribution in [-0.2, 0) is 0 Å². The van der Waals surface area contributed by atoms with E-state index in [0.717, 1.165) is 18.8 Å². The lowest BCUT2D eigenvalue weighted by Gasteiger charge is -2.38. The van der Waals surface area contributed by atoms with Gasteiger partial charge in [0.05, 0.1) is 0 Å². The van der Waals surface area contributed by atoms with Gasteiger partial charge in [0.15, 0.2) is 0 Å². The molecule has 0 aromatic heterocycles. The Morgan fingerprint density at radius 1 is 1.05 bits per heavy atom. The van der Waals surface area contributed by atoms with Gasteiger partial charge in [0.25, 0.3) is 10.9 Å². The molecule has 0 aliphatic carbocycles. The molecule has 1 heterocycles. The van der Waals surface area contributed by atoms with Crippen molar-refractivity contribution in [3.05, 3.63) is 49.2 Å². The molecule has 0 bridgehead atoms. The quantitative estimate of drug-likeness (QED) is 0.843. The fourth-order valence-electron chi connectivity index (χ4n) is 2.81. The molecule has 2 N–H and O–H groups in total. The maximum Gasteiger partial charge on any atom is 0.253 e. The van der Waals surface area contributed by atoms with Crippen LogP contribution in [0.5, 0.6) is 0 Å². The molecule has 0 amide bonds. The van der Waals surface area contributed by atoms with Gasteiger partial charge in [0.2, 0.25) is 0 Å². The van der Waals surface area contributed by atoms with Gasteiger partial charge in [-0.05, 0) is 24.6 Å². The molecule has 2 aromatic rings. The zero-order chi connectivity index (χ0) is 15.1. The molecule has 21 heavy (non-hydrogen) atoms. The maximum atomic E-state index is 11.6. The lowest BCUT2D eigenvalue weighted by atomic mass is 10.1. The van der Waals surface area contributed by atoms with Crippen molar-refractivity contribution in [2.75, 3.05) is 41.7 Å². The average molecular weight is 306 g/mol. The third kappa shape index (κ3) is 2.27. The summed E-state index contributed by atoms with van der Waals surface area (Å²) in [6, 6.07) is 5.83. The van der Waals surface area contributed by atoms with Crippen LogP contribution in [0.4, 0.5) is 17.1 Å². The predicted molar refractivity (Wildman–Crippen MR) is 86.4 cm³/mol. The number of hydrogen-bond acceptors (Lipinski definition) is 5. The van der Waals surface area contributed by atoms with Gasteiger partial charge in [-0.3, -0.25) is 9.59 Å². The van der Waals surface area contributed by atoms with Crippen LogP contribution in [0.2, 0.25) is 5.02 Å². The summed E-state index contributed by atoms with van der Waals surface area (Å²) in [4.78, 5) is 26.9. The molecule has 0 spiro atoms. The van der Waals surface area contributed by atoms with Gasteiger partial charge in [-0.15, -0.1) is 0 Å². The second-order valence-electron chi connectivity index (χ2n) is 5.33. The first kappa shape index (κ1) is 13.9. The van der Waals surface area contributed by atoms with Crippen LogP contribution in [0, 0.1) is 6.92 Å². The van der Waals surface area contributed by atoms with Crippen molar-refractivity contribution in [3.8, 4) is 0 Å². The number of hydrogen-bond donors (Lipinski definition) is 1. The van der Waals surface area contributed by atoms with Crippen molar-refractivity contribution in [2.45, 2.75) is 6.92 Å². The fraction of sp³-hybridized carbons (Fsp3) is 0.333. The summed E-state index contributed by atoms with van der Waals surface area (Å²) < 4.78 is 0. The van der Waals surface area contributed by atoms with E-state index >= 15 is 0 Å². The van der Waals surface area contributed by atoms with Crippen LogP contribution < -0.4 is 26.4 Å². The first-order valence-corrected chi connectivity index (χ1v) is 7.21. The summed E-state index contributed by atoms with van der Waals surface area (Å²) in [6.07, 6.45) is 0. The third-order valence-corrected chi connectivity index (χ3v) is 4.26. The molecule has 1 saturated heterocycles. The summed E-state index contributed by atoms with van der Waals surface area (Å²) in [7, 11) is 0. The van der Waals surface area contributed by atoms with Gasteiger partial charge in [0.1, 0.15) is 11.4 Å². The van der Waals surface area contributed by atoms with Crippen molar-refractivity contribution in [2.24, 2.45) is 0 Å². The number of halogens is 1. The molecule has 1 fully saturated rings. The highest BCUT2D eigenvalue weighted by Gasteiger charge is 2.27. The monoisotopic (exact) mass is 305 g/mol. The van der Waals surface area contributed by atoms with Gasteiger partial charge in [-0.1, -0.05) is 17.7 Å². The normalized spacial score (nSPS) is 15.7. The molecule has 3 rings (SSSR count). The molecule has 1 aliphatic rings. The second-order valence-corrected chi connectivity index (χ2v) is 5.76. The summed E-state index contributed by atoms with van der Waals surface area (Å²) in [5, 5.41) is 0.713. The number of nitrogens with zero attached hydrogens (tertiary/aromatic N) is 2. The van der Waals surface area contributed by atoms with Gasteiger partial charge in [-0.2, -0.15) is 0 Å². The highest BCUT2D eigenvalue weighted by molar-refractivity contribution is 6.30. The first-order chi connectivity index (χ1) is 9.99. The van der Waals surface area contributed by atoms with Crippen molar-refractivity contribution in [1.82, 2.24) is 0 Å². The number of benzene rings is 1. The van der Waals surface area contributed by atoms with Gasteiger partial charge in [0, 0.05) is 36.9 Å². The second kappa shape index (κ2) is 5.07. The summed E-state index contributed by atoms with van der Waals surface area (Å²) in [5.74, 6) is 0. The summed E-state index contributed by atoms with van der Waals surface area (Å²) >= 11 is 6.06. The van der Waals surface area contributed by atoms with Crippen LogP contribution in [0.3, 0.4) is 0 Å². The third-order valence-electron chi connectivity index (χ3n) is 4.03. The standard InChI is InChI=1S/C15H16ClN3O2/c1-9-2-3-10(16)8-11(9)18-4-6-19(7-5-18)13-12(17)14(20)15(13)21/h2-3,8H,4-7,17H2,1H3. The highest BCUT2D eigenvalue weighted by atomic mass is 35.5. The Hall–Kier alpha value is -2.01. The summed E-state index contributed by atoms with van der Waals surface area (Å²) in [5.41, 5.74) is 7.37. The molecule has 0 unspecified atom stereocenters. The number of nitrogens with two attached hydrogens (primary N) is 1. The lowest BCUT2D eigenvalue weighted by molar-refractivity contribution is 0.650. The molecule has 6 heteroatoms. The molecular weight excluding hydrogens is 290 g/mol. The van der Waals surface area contributed by atoms with E-state index < -0.39 is 10.9 Å². The largest absolute Gasteiger partial charge is 0.394 e. The van der Waals surface area contributed by atoms with E-state index in [-0.39, 0.29) is 5.69 Å². The number of nitrogen functional groups attached to an aromatic ring is 1. The van der Waals surface area contributed by atoms with Crippen molar-refractivity contribution >= 4 is 28.7 Å². The zero-order valence-electron chi connectivity index (χ0n) is 11.7. The molecule has 0 atom stereocenters. The Morgan fingerprint density at radius 3 is 2.29 bits per heavy atom. The van der Waals surface area contributed by atoms with Gasteiger partial charge < -0.3 is 15.5 Å². The Balaban J connectivity index is 1.75. The maximum absolute atomic E-state index is 11.6. The highest BCUT2D eigenvalue weighted by Crippen LogP contribution is 2.26. The van der Waals surface area contributed by atoms with Crippen molar-refractivity contribution in [3.63, 3.8) is 0 Å². The van der Waals surface area contributed by atoms with E-state index in [2.05, 4.69) is 4.90 Å². The average Bonchev–Trinajstić information content (AvgIpc) is 2.50. The van der Waals surface area contributed by atoms with Gasteiger partial charge >= 0.3 is 0 Å². The topological polar surface area (TPSA) is 66.6 Å². The number of anilines is 3. The van der Waals surface area contributed by atoms with E-state index in [1.165, 1.54) is 5.56 Å². The van der Waals surface area contributed by atoms with Crippen molar-refractivity contribution < 1.29 is 0 Å². The Labute approximate surface area is 127 Å². The van der Waals surface area contributed by atoms with E-state index in [4.69, 9.17) is 17.3 Å². The Morgan fingerprint density at radius 2 is 1.67 bits per heavy atom. The molecular formula is C15H16ClN3O2. The van der Waals surface area contributed by atoms with Crippen LogP contribution in [0.1, 0.15) is 5.56 Å². The van der Waals surface area contributed by atoms with E-state index in [0.29, 0.717) is 23.8 Å². The lowest BCUT2D eigenvalue weighted by Crippen LogP contribution is -2.51. The van der Waals surface area contributed by atoms with Crippen LogP contribution >= 0.6 is 11.6 Å². The SMILES string of the molecule is Cc1ccc(Cl)cc1N1CCN(c2c(N)c(=O)c2=O)CC1. The Bertz CT molecular complexity index is 757. The van der Waals surface area contributed by atoms with Crippen LogP contribution in [0.25, 0.3) is 0 Å². The molecule has 1 aliphatic heterocycles. The zero-order valence-corrected chi connectivity index (χ0v) is 12.5. The molecule has 0 radical (unpaired) electrons. The van der Waals surface area contributed by atoms with E-state index in [1.807, 2.05) is 30.0 Å². The van der Waals surface area contributed by atoms with Crippen LogP contribution in [0.15, 0.2) is 27.8 Å². The minimum atomic E-state index is -0.557. The first-order valence-electron chi connectivity index (χ1n) is 6.84. The minimum Gasteiger partial charge on any atom is -0.394 e. The predicted octanol–water partition coefficient (Wildman–Crippen LogP) is 1.15.